The lowest BCUT2D eigenvalue weighted by molar-refractivity contribution is 0.0953. The summed E-state index contributed by atoms with van der Waals surface area (Å²) in [6.07, 6.45) is 1.10. The smallest absolute Gasteiger partial charge is 0.123 e. The first kappa shape index (κ1) is 12.5. The van der Waals surface area contributed by atoms with Crippen molar-refractivity contribution in [2.24, 2.45) is 11.8 Å². The lowest BCUT2D eigenvalue weighted by Gasteiger charge is -2.26. The summed E-state index contributed by atoms with van der Waals surface area (Å²) in [6, 6.07) is 4.77. The Morgan fingerprint density at radius 2 is 2.29 bits per heavy atom. The van der Waals surface area contributed by atoms with Gasteiger partial charge in [-0.3, -0.25) is 11.3 Å². The molecular formula is C13H19FN2O. The van der Waals surface area contributed by atoms with Crippen molar-refractivity contribution in [2.45, 2.75) is 32.4 Å². The Hall–Kier alpha value is -0.970. The minimum atomic E-state index is -0.225. The third kappa shape index (κ3) is 2.49. The van der Waals surface area contributed by atoms with Gasteiger partial charge in [0.2, 0.25) is 0 Å². The average Bonchev–Trinajstić information content (AvgIpc) is 2.71. The predicted octanol–water partition coefficient (Wildman–Crippen LogP) is 2.06. The van der Waals surface area contributed by atoms with Crippen LogP contribution >= 0.6 is 0 Å². The third-order valence-electron chi connectivity index (χ3n) is 3.62. The van der Waals surface area contributed by atoms with Crippen LogP contribution in [-0.4, -0.2) is 12.7 Å². The molecule has 17 heavy (non-hydrogen) atoms. The van der Waals surface area contributed by atoms with E-state index in [4.69, 9.17) is 10.6 Å². The molecule has 2 rings (SSSR count). The molecule has 0 aliphatic carbocycles. The van der Waals surface area contributed by atoms with Gasteiger partial charge >= 0.3 is 0 Å². The van der Waals surface area contributed by atoms with Gasteiger partial charge in [-0.2, -0.15) is 0 Å². The molecule has 0 bridgehead atoms. The zero-order valence-electron chi connectivity index (χ0n) is 10.2. The summed E-state index contributed by atoms with van der Waals surface area (Å²) in [6.45, 7) is 4.76. The maximum atomic E-state index is 13.3. The Morgan fingerprint density at radius 3 is 2.88 bits per heavy atom. The van der Waals surface area contributed by atoms with Gasteiger partial charge in [-0.15, -0.1) is 0 Å². The Morgan fingerprint density at radius 1 is 1.53 bits per heavy atom. The van der Waals surface area contributed by atoms with E-state index in [0.717, 1.165) is 24.2 Å². The number of hydrazine groups is 1. The number of nitrogens with two attached hydrogens (primary N) is 1. The number of rotatable bonds is 3. The highest BCUT2D eigenvalue weighted by Crippen LogP contribution is 2.34. The first-order chi connectivity index (χ1) is 8.13. The predicted molar refractivity (Wildman–Crippen MR) is 64.7 cm³/mol. The van der Waals surface area contributed by atoms with Crippen LogP contribution in [0.25, 0.3) is 0 Å². The minimum absolute atomic E-state index is 0.0526. The molecule has 3 atom stereocenters. The fourth-order valence-corrected chi connectivity index (χ4v) is 2.58. The van der Waals surface area contributed by atoms with Crippen LogP contribution < -0.4 is 11.3 Å². The second kappa shape index (κ2) is 5.12. The van der Waals surface area contributed by atoms with E-state index in [9.17, 15) is 4.39 Å². The van der Waals surface area contributed by atoms with Crippen molar-refractivity contribution in [2.75, 3.05) is 6.61 Å². The molecular weight excluding hydrogens is 219 g/mol. The Bertz CT molecular complexity index is 397. The van der Waals surface area contributed by atoms with E-state index in [1.165, 1.54) is 6.07 Å². The molecule has 3 nitrogen and oxygen atoms in total. The number of halogens is 1. The zero-order chi connectivity index (χ0) is 12.4. The number of aryl methyl sites for hydroxylation is 1. The standard InChI is InChI=1S/C13H19FN2O/c1-8-3-4-10(14)7-12(8)13(16-15)11-5-6-17-9(11)2/h3-4,7,9,11,13,16H,5-6,15H2,1-2H3. The van der Waals surface area contributed by atoms with Crippen LogP contribution in [0, 0.1) is 18.7 Å². The van der Waals surface area contributed by atoms with Crippen molar-refractivity contribution in [3.63, 3.8) is 0 Å². The number of nitrogens with one attached hydrogen (secondary N) is 1. The second-order valence-electron chi connectivity index (χ2n) is 4.67. The van der Waals surface area contributed by atoms with Gasteiger partial charge in [0.15, 0.2) is 0 Å². The zero-order valence-corrected chi connectivity index (χ0v) is 10.2. The van der Waals surface area contributed by atoms with Crippen LogP contribution in [0.2, 0.25) is 0 Å². The van der Waals surface area contributed by atoms with Crippen molar-refractivity contribution in [3.8, 4) is 0 Å². The molecule has 0 saturated carbocycles. The molecule has 1 aromatic carbocycles. The van der Waals surface area contributed by atoms with E-state index in [0.29, 0.717) is 5.92 Å². The van der Waals surface area contributed by atoms with Crippen molar-refractivity contribution in [1.82, 2.24) is 5.43 Å². The van der Waals surface area contributed by atoms with E-state index in [2.05, 4.69) is 5.43 Å². The lowest BCUT2D eigenvalue weighted by atomic mass is 9.87. The maximum absolute atomic E-state index is 13.3. The lowest BCUT2D eigenvalue weighted by Crippen LogP contribution is -2.36. The highest BCUT2D eigenvalue weighted by Gasteiger charge is 2.33. The van der Waals surface area contributed by atoms with E-state index in [1.807, 2.05) is 13.8 Å². The Labute approximate surface area is 101 Å². The quantitative estimate of drug-likeness (QED) is 0.626. The van der Waals surface area contributed by atoms with Crippen LogP contribution in [0.3, 0.4) is 0 Å². The molecule has 1 aromatic rings. The molecule has 1 heterocycles. The van der Waals surface area contributed by atoms with Gasteiger partial charge in [0.1, 0.15) is 5.82 Å². The summed E-state index contributed by atoms with van der Waals surface area (Å²) in [7, 11) is 0. The van der Waals surface area contributed by atoms with Crippen molar-refractivity contribution < 1.29 is 9.13 Å². The van der Waals surface area contributed by atoms with Crippen LogP contribution in [0.15, 0.2) is 18.2 Å². The molecule has 1 fully saturated rings. The van der Waals surface area contributed by atoms with Crippen LogP contribution in [0.1, 0.15) is 30.5 Å². The third-order valence-corrected chi connectivity index (χ3v) is 3.62. The molecule has 4 heteroatoms. The van der Waals surface area contributed by atoms with Crippen LogP contribution in [0.4, 0.5) is 4.39 Å². The Balaban J connectivity index is 2.31. The van der Waals surface area contributed by atoms with Gasteiger partial charge in [0, 0.05) is 12.5 Å². The first-order valence-electron chi connectivity index (χ1n) is 5.97. The van der Waals surface area contributed by atoms with Gasteiger partial charge < -0.3 is 4.74 Å². The van der Waals surface area contributed by atoms with Crippen molar-refractivity contribution in [3.05, 3.63) is 35.1 Å². The van der Waals surface area contributed by atoms with E-state index < -0.39 is 0 Å². The highest BCUT2D eigenvalue weighted by molar-refractivity contribution is 5.30. The highest BCUT2D eigenvalue weighted by atomic mass is 19.1. The maximum Gasteiger partial charge on any atom is 0.123 e. The molecule has 1 saturated heterocycles. The Kier molecular flexibility index (Phi) is 3.76. The van der Waals surface area contributed by atoms with E-state index in [1.54, 1.807) is 12.1 Å². The SMILES string of the molecule is Cc1ccc(F)cc1C(NN)C1CCOC1C. The fourth-order valence-electron chi connectivity index (χ4n) is 2.58. The number of hydrogen-bond acceptors (Lipinski definition) is 3. The van der Waals surface area contributed by atoms with Crippen LogP contribution in [-0.2, 0) is 4.74 Å². The molecule has 0 amide bonds. The van der Waals surface area contributed by atoms with Gasteiger partial charge in [0.25, 0.3) is 0 Å². The number of benzene rings is 1. The molecule has 1 aliphatic rings. The monoisotopic (exact) mass is 238 g/mol. The van der Waals surface area contributed by atoms with E-state index in [-0.39, 0.29) is 18.0 Å². The topological polar surface area (TPSA) is 47.3 Å². The summed E-state index contributed by atoms with van der Waals surface area (Å²) in [5, 5.41) is 0. The van der Waals surface area contributed by atoms with Gasteiger partial charge in [-0.25, -0.2) is 4.39 Å². The van der Waals surface area contributed by atoms with Crippen LogP contribution in [0.5, 0.6) is 0 Å². The van der Waals surface area contributed by atoms with Gasteiger partial charge in [-0.05, 0) is 43.5 Å². The molecule has 3 N–H and O–H groups in total. The summed E-state index contributed by atoms with van der Waals surface area (Å²) in [5.74, 6) is 5.71. The fraction of sp³-hybridized carbons (Fsp3) is 0.538. The molecule has 94 valence electrons. The van der Waals surface area contributed by atoms with Crippen molar-refractivity contribution in [1.29, 1.82) is 0 Å². The van der Waals surface area contributed by atoms with Crippen molar-refractivity contribution >= 4 is 0 Å². The van der Waals surface area contributed by atoms with Gasteiger partial charge in [0.05, 0.1) is 12.1 Å². The molecule has 1 aliphatic heterocycles. The van der Waals surface area contributed by atoms with E-state index >= 15 is 0 Å². The summed E-state index contributed by atoms with van der Waals surface area (Å²) >= 11 is 0. The summed E-state index contributed by atoms with van der Waals surface area (Å²) in [5.41, 5.74) is 4.79. The van der Waals surface area contributed by atoms with Gasteiger partial charge in [-0.1, -0.05) is 6.07 Å². The first-order valence-corrected chi connectivity index (χ1v) is 5.97. The molecule has 0 spiro atoms. The number of ether oxygens (including phenoxy) is 1. The largest absolute Gasteiger partial charge is 0.378 e. The average molecular weight is 238 g/mol. The molecule has 0 radical (unpaired) electrons. The second-order valence-corrected chi connectivity index (χ2v) is 4.67. The molecule has 3 unspecified atom stereocenters. The summed E-state index contributed by atoms with van der Waals surface area (Å²) < 4.78 is 18.9. The number of hydrogen-bond donors (Lipinski definition) is 2. The molecule has 0 aromatic heterocycles. The minimum Gasteiger partial charge on any atom is -0.378 e. The normalized spacial score (nSPS) is 26.1. The summed E-state index contributed by atoms with van der Waals surface area (Å²) in [4.78, 5) is 0.